The topological polar surface area (TPSA) is 59.8 Å². The molecular formula is C19H19BrN4OS. The van der Waals surface area contributed by atoms with Crippen molar-refractivity contribution in [1.29, 1.82) is 0 Å². The summed E-state index contributed by atoms with van der Waals surface area (Å²) in [5, 5.41) is 7.35. The lowest BCUT2D eigenvalue weighted by Crippen LogP contribution is -2.17. The van der Waals surface area contributed by atoms with E-state index in [1.807, 2.05) is 45.0 Å². The number of amides is 1. The van der Waals surface area contributed by atoms with Gasteiger partial charge in [-0.25, -0.2) is 4.98 Å². The van der Waals surface area contributed by atoms with Crippen molar-refractivity contribution in [3.8, 4) is 5.82 Å². The van der Waals surface area contributed by atoms with Gasteiger partial charge in [-0.2, -0.15) is 9.78 Å². The molecule has 7 heteroatoms. The number of aryl methyl sites for hydroxylation is 3. The van der Waals surface area contributed by atoms with Crippen LogP contribution in [0.25, 0.3) is 5.82 Å². The molecule has 3 aromatic rings. The zero-order chi connectivity index (χ0) is 18.7. The predicted octanol–water partition coefficient (Wildman–Crippen LogP) is 4.69. The van der Waals surface area contributed by atoms with Crippen molar-refractivity contribution in [2.45, 2.75) is 25.7 Å². The van der Waals surface area contributed by atoms with Gasteiger partial charge in [-0.3, -0.25) is 4.79 Å². The first-order valence-electron chi connectivity index (χ1n) is 8.11. The molecule has 0 aliphatic heterocycles. The molecule has 2 aromatic heterocycles. The van der Waals surface area contributed by atoms with Crippen LogP contribution in [0, 0.1) is 20.8 Å². The maximum absolute atomic E-state index is 12.4. The van der Waals surface area contributed by atoms with Crippen LogP contribution in [0.1, 0.15) is 16.8 Å². The van der Waals surface area contributed by atoms with Crippen LogP contribution in [-0.4, -0.2) is 26.4 Å². The fourth-order valence-electron chi connectivity index (χ4n) is 2.47. The SMILES string of the molecule is Cc1cc(NC(=O)CSc2cc(C)c(Br)cc2C)n(-c2ccccn2)n1. The normalized spacial score (nSPS) is 10.8. The summed E-state index contributed by atoms with van der Waals surface area (Å²) >= 11 is 5.06. The van der Waals surface area contributed by atoms with E-state index in [1.165, 1.54) is 11.8 Å². The molecule has 2 heterocycles. The minimum Gasteiger partial charge on any atom is -0.310 e. The Balaban J connectivity index is 1.71. The number of aromatic nitrogens is 3. The molecule has 0 spiro atoms. The summed E-state index contributed by atoms with van der Waals surface area (Å²) in [6, 6.07) is 11.6. The molecule has 0 saturated carbocycles. The maximum atomic E-state index is 12.4. The van der Waals surface area contributed by atoms with Gasteiger partial charge in [-0.15, -0.1) is 11.8 Å². The summed E-state index contributed by atoms with van der Waals surface area (Å²) < 4.78 is 2.73. The quantitative estimate of drug-likeness (QED) is 0.596. The molecule has 134 valence electrons. The van der Waals surface area contributed by atoms with E-state index < -0.39 is 0 Å². The molecule has 0 aliphatic rings. The average Bonchev–Trinajstić information content (AvgIpc) is 2.98. The van der Waals surface area contributed by atoms with E-state index in [-0.39, 0.29) is 5.91 Å². The third kappa shape index (κ3) is 4.34. The second-order valence-corrected chi connectivity index (χ2v) is 7.85. The van der Waals surface area contributed by atoms with Crippen molar-refractivity contribution >= 4 is 39.4 Å². The molecule has 1 aromatic carbocycles. The van der Waals surface area contributed by atoms with Gasteiger partial charge in [-0.05, 0) is 56.2 Å². The van der Waals surface area contributed by atoms with E-state index in [0.29, 0.717) is 17.4 Å². The maximum Gasteiger partial charge on any atom is 0.235 e. The van der Waals surface area contributed by atoms with Crippen molar-refractivity contribution in [3.05, 3.63) is 63.9 Å². The van der Waals surface area contributed by atoms with E-state index in [2.05, 4.69) is 43.5 Å². The third-order valence-electron chi connectivity index (χ3n) is 3.78. The number of pyridine rings is 1. The van der Waals surface area contributed by atoms with Crippen LogP contribution in [0.15, 0.2) is 52.0 Å². The first kappa shape index (κ1) is 18.7. The Morgan fingerprint density at radius 1 is 1.19 bits per heavy atom. The summed E-state index contributed by atoms with van der Waals surface area (Å²) in [4.78, 5) is 17.8. The molecule has 0 atom stereocenters. The van der Waals surface area contributed by atoms with Crippen LogP contribution >= 0.6 is 27.7 Å². The molecule has 0 unspecified atom stereocenters. The van der Waals surface area contributed by atoms with Gasteiger partial charge in [0, 0.05) is 21.6 Å². The fourth-order valence-corrected chi connectivity index (χ4v) is 3.84. The fraction of sp³-hybridized carbons (Fsp3) is 0.211. The molecule has 5 nitrogen and oxygen atoms in total. The highest BCUT2D eigenvalue weighted by Gasteiger charge is 2.13. The van der Waals surface area contributed by atoms with Gasteiger partial charge in [0.2, 0.25) is 5.91 Å². The van der Waals surface area contributed by atoms with Crippen molar-refractivity contribution in [3.63, 3.8) is 0 Å². The van der Waals surface area contributed by atoms with Crippen molar-refractivity contribution in [2.75, 3.05) is 11.1 Å². The molecule has 0 saturated heterocycles. The van der Waals surface area contributed by atoms with Crippen molar-refractivity contribution < 1.29 is 4.79 Å². The highest BCUT2D eigenvalue weighted by Crippen LogP contribution is 2.28. The largest absolute Gasteiger partial charge is 0.310 e. The molecule has 1 N–H and O–H groups in total. The number of hydrogen-bond donors (Lipinski definition) is 1. The number of carbonyl (C=O) groups is 1. The highest BCUT2D eigenvalue weighted by atomic mass is 79.9. The van der Waals surface area contributed by atoms with E-state index in [1.54, 1.807) is 10.9 Å². The van der Waals surface area contributed by atoms with Crippen molar-refractivity contribution in [1.82, 2.24) is 14.8 Å². The second-order valence-electron chi connectivity index (χ2n) is 5.97. The minimum absolute atomic E-state index is 0.0768. The molecule has 3 rings (SSSR count). The van der Waals surface area contributed by atoms with Crippen LogP contribution in [0.4, 0.5) is 5.82 Å². The molecule has 0 fully saturated rings. The molecular weight excluding hydrogens is 412 g/mol. The van der Waals surface area contributed by atoms with E-state index >= 15 is 0 Å². The Hall–Kier alpha value is -2.12. The Kier molecular flexibility index (Phi) is 5.78. The lowest BCUT2D eigenvalue weighted by molar-refractivity contribution is -0.113. The first-order valence-corrected chi connectivity index (χ1v) is 9.89. The minimum atomic E-state index is -0.0768. The van der Waals surface area contributed by atoms with Crippen LogP contribution in [0.5, 0.6) is 0 Å². The molecule has 0 bridgehead atoms. The van der Waals surface area contributed by atoms with Crippen LogP contribution < -0.4 is 5.32 Å². The Bertz CT molecular complexity index is 940. The number of anilines is 1. The number of nitrogens with one attached hydrogen (secondary N) is 1. The predicted molar refractivity (Wildman–Crippen MR) is 109 cm³/mol. The zero-order valence-corrected chi connectivity index (χ0v) is 17.2. The Morgan fingerprint density at radius 2 is 2.00 bits per heavy atom. The number of halogens is 1. The van der Waals surface area contributed by atoms with E-state index in [0.717, 1.165) is 26.2 Å². The lowest BCUT2D eigenvalue weighted by Gasteiger charge is -2.10. The zero-order valence-electron chi connectivity index (χ0n) is 14.8. The van der Waals surface area contributed by atoms with Gasteiger partial charge in [0.1, 0.15) is 5.82 Å². The molecule has 0 aliphatic carbocycles. The van der Waals surface area contributed by atoms with Crippen molar-refractivity contribution in [2.24, 2.45) is 0 Å². The number of carbonyl (C=O) groups excluding carboxylic acids is 1. The number of nitrogens with zero attached hydrogens (tertiary/aromatic N) is 3. The lowest BCUT2D eigenvalue weighted by atomic mass is 10.2. The average molecular weight is 431 g/mol. The van der Waals surface area contributed by atoms with Crippen LogP contribution in [0.3, 0.4) is 0 Å². The number of benzene rings is 1. The number of thioether (sulfide) groups is 1. The summed E-state index contributed by atoms with van der Waals surface area (Å²) in [6.45, 7) is 5.98. The summed E-state index contributed by atoms with van der Waals surface area (Å²) in [5.41, 5.74) is 3.12. The molecule has 0 radical (unpaired) electrons. The second kappa shape index (κ2) is 8.05. The Morgan fingerprint density at radius 3 is 2.73 bits per heavy atom. The monoisotopic (exact) mass is 430 g/mol. The van der Waals surface area contributed by atoms with Gasteiger partial charge >= 0.3 is 0 Å². The summed E-state index contributed by atoms with van der Waals surface area (Å²) in [6.07, 6.45) is 1.70. The highest BCUT2D eigenvalue weighted by molar-refractivity contribution is 9.10. The van der Waals surface area contributed by atoms with Gasteiger partial charge < -0.3 is 5.32 Å². The van der Waals surface area contributed by atoms with E-state index in [4.69, 9.17) is 0 Å². The van der Waals surface area contributed by atoms with Gasteiger partial charge in [-0.1, -0.05) is 22.0 Å². The van der Waals surface area contributed by atoms with Crippen LogP contribution in [0.2, 0.25) is 0 Å². The van der Waals surface area contributed by atoms with Gasteiger partial charge in [0.25, 0.3) is 0 Å². The van der Waals surface area contributed by atoms with Gasteiger partial charge in [0.15, 0.2) is 5.82 Å². The van der Waals surface area contributed by atoms with Crippen LogP contribution in [-0.2, 0) is 4.79 Å². The van der Waals surface area contributed by atoms with Gasteiger partial charge in [0.05, 0.1) is 11.4 Å². The molecule has 1 amide bonds. The Labute approximate surface area is 165 Å². The van der Waals surface area contributed by atoms with E-state index in [9.17, 15) is 4.79 Å². The first-order chi connectivity index (χ1) is 12.4. The smallest absolute Gasteiger partial charge is 0.235 e. The third-order valence-corrected chi connectivity index (χ3v) is 5.79. The number of hydrogen-bond acceptors (Lipinski definition) is 4. The number of rotatable bonds is 5. The summed E-state index contributed by atoms with van der Waals surface area (Å²) in [5.74, 6) is 1.54. The summed E-state index contributed by atoms with van der Waals surface area (Å²) in [7, 11) is 0. The molecule has 26 heavy (non-hydrogen) atoms. The standard InChI is InChI=1S/C19H19BrN4OS/c1-12-9-16(13(2)8-15(12)20)26-11-19(25)22-18-10-14(3)23-24(18)17-6-4-5-7-21-17/h4-10H,11H2,1-3H3,(H,22,25).